The molecule has 6 nitrogen and oxygen atoms in total. The number of thioether (sulfide) groups is 1. The van der Waals surface area contributed by atoms with Crippen molar-refractivity contribution in [3.8, 4) is 5.75 Å². The summed E-state index contributed by atoms with van der Waals surface area (Å²) in [5.41, 5.74) is 2.64. The molecular formula is C19H13N3O3S. The molecule has 0 radical (unpaired) electrons. The Hall–Kier alpha value is -3.19. The molecule has 0 unspecified atom stereocenters. The van der Waals surface area contributed by atoms with Gasteiger partial charge >= 0.3 is 0 Å². The first-order valence-electron chi connectivity index (χ1n) is 7.79. The molecule has 0 saturated carbocycles. The van der Waals surface area contributed by atoms with Gasteiger partial charge in [0.25, 0.3) is 11.1 Å². The first-order chi connectivity index (χ1) is 12.7. The minimum atomic E-state index is -0.367. The summed E-state index contributed by atoms with van der Waals surface area (Å²) >= 11 is 0.903. The van der Waals surface area contributed by atoms with Crippen LogP contribution < -0.4 is 9.64 Å². The van der Waals surface area contributed by atoms with Crippen LogP contribution >= 0.6 is 11.8 Å². The minimum Gasteiger partial charge on any atom is -0.497 e. The van der Waals surface area contributed by atoms with Crippen LogP contribution in [0.2, 0.25) is 0 Å². The highest BCUT2D eigenvalue weighted by Crippen LogP contribution is 2.37. The van der Waals surface area contributed by atoms with E-state index >= 15 is 0 Å². The number of fused-ring (bicyclic) bond motifs is 1. The summed E-state index contributed by atoms with van der Waals surface area (Å²) in [6.07, 6.45) is 4.90. The van der Waals surface area contributed by atoms with E-state index in [9.17, 15) is 9.59 Å². The van der Waals surface area contributed by atoms with Gasteiger partial charge in [0.15, 0.2) is 0 Å². The fourth-order valence-electron chi connectivity index (χ4n) is 2.71. The Kier molecular flexibility index (Phi) is 4.14. The van der Waals surface area contributed by atoms with E-state index < -0.39 is 0 Å². The summed E-state index contributed by atoms with van der Waals surface area (Å²) in [5.74, 6) is 0.212. The van der Waals surface area contributed by atoms with Crippen molar-refractivity contribution in [1.29, 1.82) is 0 Å². The molecule has 0 aliphatic carbocycles. The van der Waals surface area contributed by atoms with Gasteiger partial charge in [-0.3, -0.25) is 19.6 Å². The maximum absolute atomic E-state index is 12.8. The zero-order chi connectivity index (χ0) is 18.1. The summed E-state index contributed by atoms with van der Waals surface area (Å²) in [6.45, 7) is 0. The van der Waals surface area contributed by atoms with Crippen molar-refractivity contribution in [2.75, 3.05) is 12.0 Å². The predicted molar refractivity (Wildman–Crippen MR) is 101 cm³/mol. The molecular weight excluding hydrogens is 350 g/mol. The molecule has 7 heteroatoms. The molecule has 2 amide bonds. The van der Waals surface area contributed by atoms with E-state index in [4.69, 9.17) is 4.74 Å². The zero-order valence-corrected chi connectivity index (χ0v) is 14.6. The number of amides is 2. The Morgan fingerprint density at radius 2 is 1.88 bits per heavy atom. The standard InChI is InChI=1S/C19H13N3O3S/c1-25-14-6-3-5-13(11-14)22-18(23)16(26-19(22)24)10-12-4-2-7-15-17(12)21-9-8-20-15/h2-11H,1H3/b16-10-. The molecule has 26 heavy (non-hydrogen) atoms. The van der Waals surface area contributed by atoms with E-state index in [2.05, 4.69) is 9.97 Å². The number of hydrogen-bond acceptors (Lipinski definition) is 6. The van der Waals surface area contributed by atoms with Gasteiger partial charge in [-0.05, 0) is 36.0 Å². The van der Waals surface area contributed by atoms with Gasteiger partial charge in [-0.25, -0.2) is 4.90 Å². The van der Waals surface area contributed by atoms with Gasteiger partial charge in [0.1, 0.15) is 5.75 Å². The number of carbonyl (C=O) groups is 2. The van der Waals surface area contributed by atoms with Crippen molar-refractivity contribution >= 4 is 45.7 Å². The Morgan fingerprint density at radius 3 is 2.73 bits per heavy atom. The molecule has 128 valence electrons. The van der Waals surface area contributed by atoms with Gasteiger partial charge in [-0.1, -0.05) is 18.2 Å². The summed E-state index contributed by atoms with van der Waals surface area (Å²) in [6, 6.07) is 12.4. The van der Waals surface area contributed by atoms with E-state index in [1.54, 1.807) is 42.7 Å². The lowest BCUT2D eigenvalue weighted by Crippen LogP contribution is -2.27. The van der Waals surface area contributed by atoms with E-state index in [-0.39, 0.29) is 11.1 Å². The minimum absolute atomic E-state index is 0.343. The lowest BCUT2D eigenvalue weighted by Gasteiger charge is -2.13. The molecule has 3 aromatic rings. The SMILES string of the molecule is COc1cccc(N2C(=O)S/C(=C\c3cccc4nccnc34)C2=O)c1. The molecule has 1 aliphatic heterocycles. The topological polar surface area (TPSA) is 72.4 Å². The molecule has 2 heterocycles. The Morgan fingerprint density at radius 1 is 1.08 bits per heavy atom. The number of benzene rings is 2. The fourth-order valence-corrected chi connectivity index (χ4v) is 3.54. The lowest BCUT2D eigenvalue weighted by atomic mass is 10.1. The average molecular weight is 363 g/mol. The average Bonchev–Trinajstić information content (AvgIpc) is 2.95. The highest BCUT2D eigenvalue weighted by molar-refractivity contribution is 8.19. The van der Waals surface area contributed by atoms with Crippen LogP contribution in [0.5, 0.6) is 5.75 Å². The molecule has 1 fully saturated rings. The normalized spacial score (nSPS) is 15.9. The van der Waals surface area contributed by atoms with Crippen LogP contribution in [0.3, 0.4) is 0 Å². The van der Waals surface area contributed by atoms with Crippen LogP contribution in [0.1, 0.15) is 5.56 Å². The number of methoxy groups -OCH3 is 1. The monoisotopic (exact) mass is 363 g/mol. The molecule has 2 aromatic carbocycles. The van der Waals surface area contributed by atoms with Crippen molar-refractivity contribution < 1.29 is 14.3 Å². The summed E-state index contributed by atoms with van der Waals surface area (Å²) < 4.78 is 5.17. The van der Waals surface area contributed by atoms with Crippen molar-refractivity contribution in [2.24, 2.45) is 0 Å². The largest absolute Gasteiger partial charge is 0.497 e. The molecule has 0 N–H and O–H groups in total. The number of carbonyl (C=O) groups excluding carboxylic acids is 2. The quantitative estimate of drug-likeness (QED) is 0.658. The maximum atomic E-state index is 12.8. The van der Waals surface area contributed by atoms with Crippen LogP contribution in [-0.2, 0) is 4.79 Å². The molecule has 0 atom stereocenters. The van der Waals surface area contributed by atoms with Crippen molar-refractivity contribution in [2.45, 2.75) is 0 Å². The number of hydrogen-bond donors (Lipinski definition) is 0. The van der Waals surface area contributed by atoms with Crippen LogP contribution in [0.4, 0.5) is 10.5 Å². The number of nitrogens with zero attached hydrogens (tertiary/aromatic N) is 3. The first-order valence-corrected chi connectivity index (χ1v) is 8.61. The highest BCUT2D eigenvalue weighted by atomic mass is 32.2. The maximum Gasteiger partial charge on any atom is 0.298 e. The second-order valence-electron chi connectivity index (χ2n) is 5.49. The Bertz CT molecular complexity index is 1060. The third-order valence-corrected chi connectivity index (χ3v) is 4.79. The number of aromatic nitrogens is 2. The van der Waals surface area contributed by atoms with E-state index in [1.165, 1.54) is 7.11 Å². The summed E-state index contributed by atoms with van der Waals surface area (Å²) in [4.78, 5) is 35.3. The van der Waals surface area contributed by atoms with Crippen molar-refractivity contribution in [3.05, 3.63) is 65.3 Å². The van der Waals surface area contributed by atoms with Crippen molar-refractivity contribution in [3.63, 3.8) is 0 Å². The number of para-hydroxylation sites is 1. The molecule has 1 aliphatic rings. The van der Waals surface area contributed by atoms with Gasteiger partial charge in [0.2, 0.25) is 0 Å². The molecule has 0 bridgehead atoms. The summed E-state index contributed by atoms with van der Waals surface area (Å²) in [5, 5.41) is -0.346. The van der Waals surface area contributed by atoms with Gasteiger partial charge in [-0.2, -0.15) is 0 Å². The van der Waals surface area contributed by atoms with Gasteiger partial charge in [0, 0.05) is 24.0 Å². The van der Waals surface area contributed by atoms with Crippen LogP contribution in [-0.4, -0.2) is 28.2 Å². The zero-order valence-electron chi connectivity index (χ0n) is 13.7. The second kappa shape index (κ2) is 6.61. The third-order valence-electron chi connectivity index (χ3n) is 3.92. The van der Waals surface area contributed by atoms with Crippen LogP contribution in [0.15, 0.2) is 59.8 Å². The van der Waals surface area contributed by atoms with Gasteiger partial charge in [0.05, 0.1) is 28.7 Å². The van der Waals surface area contributed by atoms with Crippen LogP contribution in [0, 0.1) is 0 Å². The lowest BCUT2D eigenvalue weighted by molar-refractivity contribution is -0.113. The number of ether oxygens (including phenoxy) is 1. The molecule has 1 aromatic heterocycles. The van der Waals surface area contributed by atoms with Gasteiger partial charge < -0.3 is 4.74 Å². The third kappa shape index (κ3) is 2.82. The fraction of sp³-hybridized carbons (Fsp3) is 0.0526. The number of rotatable bonds is 3. The first kappa shape index (κ1) is 16.3. The summed E-state index contributed by atoms with van der Waals surface area (Å²) in [7, 11) is 1.54. The van der Waals surface area contributed by atoms with Gasteiger partial charge in [-0.15, -0.1) is 0 Å². The Labute approximate surface area is 153 Å². The van der Waals surface area contributed by atoms with E-state index in [0.717, 1.165) is 27.7 Å². The smallest absolute Gasteiger partial charge is 0.298 e. The highest BCUT2D eigenvalue weighted by Gasteiger charge is 2.36. The number of anilines is 1. The molecule has 1 saturated heterocycles. The molecule has 0 spiro atoms. The second-order valence-corrected chi connectivity index (χ2v) is 6.48. The van der Waals surface area contributed by atoms with E-state index in [0.29, 0.717) is 21.9 Å². The predicted octanol–water partition coefficient (Wildman–Crippen LogP) is 3.88. The number of imide groups is 1. The van der Waals surface area contributed by atoms with Crippen molar-refractivity contribution in [1.82, 2.24) is 9.97 Å². The molecule has 4 rings (SSSR count). The Balaban J connectivity index is 1.73. The van der Waals surface area contributed by atoms with Crippen LogP contribution in [0.25, 0.3) is 17.1 Å². The van der Waals surface area contributed by atoms with E-state index in [1.807, 2.05) is 18.2 Å².